The lowest BCUT2D eigenvalue weighted by Crippen LogP contribution is -2.48. The van der Waals surface area contributed by atoms with Crippen LogP contribution in [0, 0.1) is 11.8 Å². The first kappa shape index (κ1) is 19.6. The van der Waals surface area contributed by atoms with E-state index in [0.29, 0.717) is 12.5 Å². The van der Waals surface area contributed by atoms with E-state index in [2.05, 4.69) is 10.3 Å². The maximum Gasteiger partial charge on any atom is 0.417 e. The van der Waals surface area contributed by atoms with Crippen LogP contribution in [0.15, 0.2) is 24.4 Å². The van der Waals surface area contributed by atoms with Gasteiger partial charge in [-0.15, -0.1) is 0 Å². The molecule has 29 heavy (non-hydrogen) atoms. The molecule has 2 aliphatic heterocycles. The van der Waals surface area contributed by atoms with Gasteiger partial charge < -0.3 is 10.2 Å². The molecule has 0 radical (unpaired) electrons. The topological polar surface area (TPSA) is 62.3 Å². The zero-order valence-corrected chi connectivity index (χ0v) is 15.1. The molecule has 2 bridgehead atoms. The van der Waals surface area contributed by atoms with Crippen molar-refractivity contribution in [2.24, 2.45) is 0 Å². The highest BCUT2D eigenvalue weighted by molar-refractivity contribution is 6.31. The Balaban J connectivity index is 1.65. The van der Waals surface area contributed by atoms with Crippen LogP contribution in [-0.4, -0.2) is 27.7 Å². The second kappa shape index (κ2) is 6.65. The fourth-order valence-corrected chi connectivity index (χ4v) is 4.11. The number of fused-ring (bicyclic) bond motifs is 4. The number of carbonyl (C=O) groups is 2. The van der Waals surface area contributed by atoms with Gasteiger partial charge in [0.15, 0.2) is 5.78 Å². The molecule has 2 atom stereocenters. The highest BCUT2D eigenvalue weighted by atomic mass is 35.5. The number of anilines is 1. The summed E-state index contributed by atoms with van der Waals surface area (Å²) in [6.45, 7) is 0. The third kappa shape index (κ3) is 3.11. The lowest BCUT2D eigenvalue weighted by atomic mass is 9.94. The second-order valence-electron chi connectivity index (χ2n) is 6.69. The number of rotatable bonds is 1. The molecule has 0 spiro atoms. The number of benzene rings is 1. The molecular weight excluding hydrogens is 421 g/mol. The van der Waals surface area contributed by atoms with Crippen LogP contribution in [-0.2, 0) is 6.18 Å². The summed E-state index contributed by atoms with van der Waals surface area (Å²) in [7, 11) is 0. The van der Waals surface area contributed by atoms with E-state index in [1.165, 1.54) is 12.3 Å². The molecule has 5 nitrogen and oxygen atoms in total. The molecular formula is C18H11ClF5N3O2. The Morgan fingerprint density at radius 1 is 1.21 bits per heavy atom. The zero-order chi connectivity index (χ0) is 21.1. The predicted molar refractivity (Wildman–Crippen MR) is 91.6 cm³/mol. The van der Waals surface area contributed by atoms with Gasteiger partial charge in [-0.2, -0.15) is 17.6 Å². The summed E-state index contributed by atoms with van der Waals surface area (Å²) in [4.78, 5) is 30.0. The Morgan fingerprint density at radius 3 is 2.59 bits per heavy atom. The summed E-state index contributed by atoms with van der Waals surface area (Å²) in [5.74, 6) is -2.88. The molecule has 1 N–H and O–H groups in total. The van der Waals surface area contributed by atoms with E-state index >= 15 is 0 Å². The Bertz CT molecular complexity index is 1040. The van der Waals surface area contributed by atoms with Crippen LogP contribution in [0.25, 0.3) is 0 Å². The van der Waals surface area contributed by atoms with Gasteiger partial charge in [0.1, 0.15) is 5.82 Å². The molecule has 0 saturated carbocycles. The number of carbonyl (C=O) groups excluding carboxylic acids is 2. The number of urea groups is 1. The Labute approximate surface area is 165 Å². The van der Waals surface area contributed by atoms with Crippen molar-refractivity contribution in [1.82, 2.24) is 9.88 Å². The SMILES string of the molecule is O=C1c2c(ccnc2F)C2CCC1N2C(=O)Nc1cc(Cl)c(C(F)(F)F)cc1F. The molecule has 152 valence electrons. The third-order valence-electron chi connectivity index (χ3n) is 5.07. The Hall–Kier alpha value is -2.75. The first-order valence-corrected chi connectivity index (χ1v) is 8.81. The number of amides is 2. The van der Waals surface area contributed by atoms with Crippen molar-refractivity contribution in [3.63, 3.8) is 0 Å². The monoisotopic (exact) mass is 431 g/mol. The van der Waals surface area contributed by atoms with Gasteiger partial charge in [-0.3, -0.25) is 4.79 Å². The number of pyridine rings is 1. The number of nitrogens with one attached hydrogen (secondary N) is 1. The number of Topliss-reactive ketones (excluding diaryl/α,β-unsaturated/α-hetero) is 1. The molecule has 0 aliphatic carbocycles. The van der Waals surface area contributed by atoms with Gasteiger partial charge in [-0.25, -0.2) is 14.2 Å². The minimum absolute atomic E-state index is 0.173. The molecule has 2 amide bonds. The first-order chi connectivity index (χ1) is 13.6. The van der Waals surface area contributed by atoms with Crippen molar-refractivity contribution in [2.75, 3.05) is 5.32 Å². The van der Waals surface area contributed by atoms with E-state index in [1.54, 1.807) is 0 Å². The summed E-state index contributed by atoms with van der Waals surface area (Å²) in [6, 6.07) is -0.244. The van der Waals surface area contributed by atoms with Crippen molar-refractivity contribution in [3.8, 4) is 0 Å². The fraction of sp³-hybridized carbons (Fsp3) is 0.278. The van der Waals surface area contributed by atoms with Crippen LogP contribution in [0.1, 0.15) is 40.4 Å². The third-order valence-corrected chi connectivity index (χ3v) is 5.38. The van der Waals surface area contributed by atoms with Crippen molar-refractivity contribution in [3.05, 3.63) is 57.9 Å². The van der Waals surface area contributed by atoms with Gasteiger partial charge in [0, 0.05) is 6.20 Å². The van der Waals surface area contributed by atoms with E-state index in [4.69, 9.17) is 11.6 Å². The Morgan fingerprint density at radius 2 is 1.90 bits per heavy atom. The number of hydrogen-bond donors (Lipinski definition) is 1. The molecule has 1 aromatic carbocycles. The van der Waals surface area contributed by atoms with Gasteiger partial charge in [0.25, 0.3) is 0 Å². The molecule has 1 saturated heterocycles. The smallest absolute Gasteiger partial charge is 0.307 e. The molecule has 2 aromatic rings. The molecule has 3 heterocycles. The average Bonchev–Trinajstić information content (AvgIpc) is 3.01. The Kier molecular flexibility index (Phi) is 4.49. The normalized spacial score (nSPS) is 20.6. The van der Waals surface area contributed by atoms with E-state index in [9.17, 15) is 31.5 Å². The van der Waals surface area contributed by atoms with Crippen LogP contribution < -0.4 is 5.32 Å². The lowest BCUT2D eigenvalue weighted by molar-refractivity contribution is -0.137. The number of hydrogen-bond acceptors (Lipinski definition) is 3. The molecule has 2 unspecified atom stereocenters. The van der Waals surface area contributed by atoms with Gasteiger partial charge >= 0.3 is 12.2 Å². The van der Waals surface area contributed by atoms with Crippen molar-refractivity contribution in [1.29, 1.82) is 0 Å². The summed E-state index contributed by atoms with van der Waals surface area (Å²) >= 11 is 5.58. The highest BCUT2D eigenvalue weighted by Gasteiger charge is 2.49. The summed E-state index contributed by atoms with van der Waals surface area (Å²) in [5.41, 5.74) is -1.82. The van der Waals surface area contributed by atoms with Crippen molar-refractivity contribution >= 4 is 29.1 Å². The fourth-order valence-electron chi connectivity index (χ4n) is 3.83. The standard InChI is InChI=1S/C18H11ClF5N3O2/c19-9-6-11(10(20)5-8(9)18(22,23)24)26-17(29)27-12-1-2-13(27)15(28)14-7(12)3-4-25-16(14)21/h3-6,12-13H,1-2H2,(H,26,29). The first-order valence-electron chi connectivity index (χ1n) is 8.43. The van der Waals surface area contributed by atoms with Crippen LogP contribution in [0.5, 0.6) is 0 Å². The van der Waals surface area contributed by atoms with Crippen LogP contribution >= 0.6 is 11.6 Å². The lowest BCUT2D eigenvalue weighted by Gasteiger charge is -2.35. The van der Waals surface area contributed by atoms with E-state index in [-0.39, 0.29) is 23.6 Å². The quantitative estimate of drug-likeness (QED) is 0.512. The molecule has 1 aromatic heterocycles. The van der Waals surface area contributed by atoms with E-state index < -0.39 is 58.1 Å². The van der Waals surface area contributed by atoms with Crippen LogP contribution in [0.2, 0.25) is 5.02 Å². The number of ketones is 1. The van der Waals surface area contributed by atoms with Crippen molar-refractivity contribution in [2.45, 2.75) is 31.1 Å². The average molecular weight is 432 g/mol. The molecule has 2 aliphatic rings. The maximum absolute atomic E-state index is 14.1. The largest absolute Gasteiger partial charge is 0.417 e. The van der Waals surface area contributed by atoms with Gasteiger partial charge in [0.05, 0.1) is 33.9 Å². The molecule has 11 heteroatoms. The van der Waals surface area contributed by atoms with Gasteiger partial charge in [0.2, 0.25) is 5.95 Å². The zero-order valence-electron chi connectivity index (χ0n) is 14.4. The van der Waals surface area contributed by atoms with Gasteiger partial charge in [-0.1, -0.05) is 11.6 Å². The summed E-state index contributed by atoms with van der Waals surface area (Å²) in [6.07, 6.45) is -3.05. The molecule has 1 fully saturated rings. The second-order valence-corrected chi connectivity index (χ2v) is 7.09. The maximum atomic E-state index is 14.1. The number of alkyl halides is 3. The van der Waals surface area contributed by atoms with Crippen LogP contribution in [0.4, 0.5) is 32.4 Å². The minimum atomic E-state index is -4.86. The number of nitrogens with zero attached hydrogens (tertiary/aromatic N) is 2. The van der Waals surface area contributed by atoms with E-state index in [0.717, 1.165) is 4.90 Å². The predicted octanol–water partition coefficient (Wildman–Crippen LogP) is 4.97. The van der Waals surface area contributed by atoms with Crippen LogP contribution in [0.3, 0.4) is 0 Å². The number of halogens is 6. The summed E-state index contributed by atoms with van der Waals surface area (Å²) < 4.78 is 66.6. The minimum Gasteiger partial charge on any atom is -0.307 e. The van der Waals surface area contributed by atoms with E-state index in [1.807, 2.05) is 0 Å². The summed E-state index contributed by atoms with van der Waals surface area (Å²) in [5, 5.41) is 1.38. The van der Waals surface area contributed by atoms with Gasteiger partial charge in [-0.05, 0) is 36.6 Å². The molecule has 4 rings (SSSR count). The van der Waals surface area contributed by atoms with Crippen molar-refractivity contribution < 1.29 is 31.5 Å². The number of aromatic nitrogens is 1. The highest BCUT2D eigenvalue weighted by Crippen LogP contribution is 2.44.